The smallest absolute Gasteiger partial charge is 0.192 e. The van der Waals surface area contributed by atoms with Gasteiger partial charge in [0.15, 0.2) is 8.32 Å². The van der Waals surface area contributed by atoms with Gasteiger partial charge in [0.05, 0.1) is 15.6 Å². The topological polar surface area (TPSA) is 18.5 Å². The average molecular weight is 539 g/mol. The van der Waals surface area contributed by atoms with Gasteiger partial charge in [0.2, 0.25) is 0 Å². The van der Waals surface area contributed by atoms with E-state index in [4.69, 9.17) is 20.8 Å². The van der Waals surface area contributed by atoms with Crippen LogP contribution in [0, 0.1) is 5.82 Å². The molecule has 0 fully saturated rings. The summed E-state index contributed by atoms with van der Waals surface area (Å²) < 4.78 is 28.7. The third kappa shape index (κ3) is 5.79. The van der Waals surface area contributed by atoms with Gasteiger partial charge in [0.25, 0.3) is 0 Å². The highest BCUT2D eigenvalue weighted by Gasteiger charge is 2.38. The maximum absolute atomic E-state index is 14.6. The summed E-state index contributed by atoms with van der Waals surface area (Å²) in [5, 5.41) is 0.395. The summed E-state index contributed by atoms with van der Waals surface area (Å²) >= 11 is 12.9. The van der Waals surface area contributed by atoms with Crippen molar-refractivity contribution in [3.05, 3.63) is 61.7 Å². The molecule has 0 aromatic heterocycles. The molecule has 2 rings (SSSR count). The molecule has 1 atom stereocenters. The van der Waals surface area contributed by atoms with E-state index in [1.165, 1.54) is 6.07 Å². The zero-order valence-electron chi connectivity index (χ0n) is 16.1. The Bertz CT molecular complexity index is 789. The zero-order valence-corrected chi connectivity index (χ0v) is 21.0. The molecule has 0 aliphatic heterocycles. The van der Waals surface area contributed by atoms with Gasteiger partial charge in [0, 0.05) is 10.6 Å². The SMILES string of the molecule is CC(C)(C)[Si](C)(C)OCC(Oc1c(Br)cccc1Br)c1ccc(Cl)cc1F. The Morgan fingerprint density at radius 3 is 2.22 bits per heavy atom. The summed E-state index contributed by atoms with van der Waals surface area (Å²) in [6.07, 6.45) is -0.605. The second-order valence-electron chi connectivity index (χ2n) is 7.89. The monoisotopic (exact) mass is 536 g/mol. The lowest BCUT2D eigenvalue weighted by Gasteiger charge is -2.37. The second-order valence-corrected chi connectivity index (χ2v) is 14.8. The molecule has 0 radical (unpaired) electrons. The van der Waals surface area contributed by atoms with Crippen molar-refractivity contribution in [2.24, 2.45) is 0 Å². The maximum Gasteiger partial charge on any atom is 0.192 e. The lowest BCUT2D eigenvalue weighted by atomic mass is 10.1. The first-order valence-electron chi connectivity index (χ1n) is 8.62. The van der Waals surface area contributed by atoms with Gasteiger partial charge < -0.3 is 9.16 Å². The molecule has 7 heteroatoms. The third-order valence-corrected chi connectivity index (χ3v) is 10.9. The molecule has 0 bridgehead atoms. The van der Waals surface area contributed by atoms with Crippen molar-refractivity contribution >= 4 is 51.8 Å². The van der Waals surface area contributed by atoms with E-state index in [9.17, 15) is 4.39 Å². The fraction of sp³-hybridized carbons (Fsp3) is 0.400. The van der Waals surface area contributed by atoms with Gasteiger partial charge in [-0.05, 0) is 74.3 Å². The van der Waals surface area contributed by atoms with Gasteiger partial charge in [-0.1, -0.05) is 44.5 Å². The van der Waals surface area contributed by atoms with E-state index in [-0.39, 0.29) is 11.6 Å². The number of hydrogen-bond donors (Lipinski definition) is 0. The minimum Gasteiger partial charge on any atom is -0.481 e. The van der Waals surface area contributed by atoms with E-state index in [1.807, 2.05) is 18.2 Å². The molecule has 0 amide bonds. The molecule has 2 aromatic rings. The van der Waals surface area contributed by atoms with Crippen LogP contribution in [0.1, 0.15) is 32.4 Å². The molecule has 0 aliphatic carbocycles. The Kier molecular flexibility index (Phi) is 7.58. The fourth-order valence-electron chi connectivity index (χ4n) is 2.19. The van der Waals surface area contributed by atoms with Crippen LogP contribution in [0.3, 0.4) is 0 Å². The van der Waals surface area contributed by atoms with Gasteiger partial charge in [-0.2, -0.15) is 0 Å². The Morgan fingerprint density at radius 1 is 1.11 bits per heavy atom. The van der Waals surface area contributed by atoms with Crippen LogP contribution in [-0.2, 0) is 4.43 Å². The minimum absolute atomic E-state index is 0.0456. The highest BCUT2D eigenvalue weighted by atomic mass is 79.9. The van der Waals surface area contributed by atoms with Crippen molar-refractivity contribution < 1.29 is 13.6 Å². The third-order valence-electron chi connectivity index (χ3n) is 4.89. The lowest BCUT2D eigenvalue weighted by molar-refractivity contribution is 0.116. The van der Waals surface area contributed by atoms with Crippen molar-refractivity contribution in [3.63, 3.8) is 0 Å². The molecule has 148 valence electrons. The molecule has 0 aliphatic rings. The number of rotatable bonds is 6. The van der Waals surface area contributed by atoms with Crippen molar-refractivity contribution in [3.8, 4) is 5.75 Å². The highest BCUT2D eigenvalue weighted by Crippen LogP contribution is 2.40. The minimum atomic E-state index is -2.03. The second kappa shape index (κ2) is 8.95. The van der Waals surface area contributed by atoms with Gasteiger partial charge in [-0.3, -0.25) is 0 Å². The van der Waals surface area contributed by atoms with Gasteiger partial charge in [-0.15, -0.1) is 0 Å². The van der Waals surface area contributed by atoms with Crippen LogP contribution < -0.4 is 4.74 Å². The number of para-hydroxylation sites is 1. The number of ether oxygens (including phenoxy) is 1. The summed E-state index contributed by atoms with van der Waals surface area (Å²) in [6, 6.07) is 10.3. The Morgan fingerprint density at radius 2 is 1.70 bits per heavy atom. The molecule has 1 unspecified atom stereocenters. The summed E-state index contributed by atoms with van der Waals surface area (Å²) in [5.41, 5.74) is 0.417. The van der Waals surface area contributed by atoms with Crippen LogP contribution in [0.25, 0.3) is 0 Å². The molecular formula is C20H24Br2ClFO2Si. The van der Waals surface area contributed by atoms with E-state index in [0.29, 0.717) is 16.3 Å². The quantitative estimate of drug-likeness (QED) is 0.346. The summed E-state index contributed by atoms with van der Waals surface area (Å²) in [5.74, 6) is 0.199. The van der Waals surface area contributed by atoms with Crippen LogP contribution in [0.15, 0.2) is 45.3 Å². The van der Waals surface area contributed by atoms with E-state index < -0.39 is 20.2 Å². The van der Waals surface area contributed by atoms with Crippen LogP contribution in [0.4, 0.5) is 4.39 Å². The predicted octanol–water partition coefficient (Wildman–Crippen LogP) is 8.15. The first kappa shape index (κ1) is 22.9. The molecule has 2 nitrogen and oxygen atoms in total. The molecule has 0 N–H and O–H groups in total. The Labute approximate surface area is 183 Å². The summed E-state index contributed by atoms with van der Waals surface area (Å²) in [6.45, 7) is 11.1. The fourth-order valence-corrected chi connectivity index (χ4v) is 4.53. The molecule has 0 heterocycles. The normalized spacial score (nSPS) is 13.5. The van der Waals surface area contributed by atoms with Crippen molar-refractivity contribution in [1.29, 1.82) is 0 Å². The van der Waals surface area contributed by atoms with E-state index in [1.54, 1.807) is 12.1 Å². The van der Waals surface area contributed by atoms with Crippen LogP contribution in [-0.4, -0.2) is 14.9 Å². The molecule has 27 heavy (non-hydrogen) atoms. The number of hydrogen-bond acceptors (Lipinski definition) is 2. The van der Waals surface area contributed by atoms with Gasteiger partial charge in [-0.25, -0.2) is 4.39 Å². The summed E-state index contributed by atoms with van der Waals surface area (Å²) in [4.78, 5) is 0. The van der Waals surface area contributed by atoms with Gasteiger partial charge in [0.1, 0.15) is 17.7 Å². The van der Waals surface area contributed by atoms with E-state index in [2.05, 4.69) is 65.7 Å². The molecule has 0 saturated heterocycles. The zero-order chi connectivity index (χ0) is 20.4. The Hall–Kier alpha value is -0.403. The first-order chi connectivity index (χ1) is 12.4. The molecule has 0 saturated carbocycles. The Balaban J connectivity index is 2.37. The maximum atomic E-state index is 14.6. The van der Waals surface area contributed by atoms with E-state index >= 15 is 0 Å². The molecule has 2 aromatic carbocycles. The standard InChI is InChI=1S/C20H24Br2ClFO2Si/c1-20(2,3)27(4,5)25-12-18(14-10-9-13(23)11-17(14)24)26-19-15(21)7-6-8-16(19)22/h6-11,18H,12H2,1-5H3. The highest BCUT2D eigenvalue weighted by molar-refractivity contribution is 9.11. The van der Waals surface area contributed by atoms with Crippen molar-refractivity contribution in [2.75, 3.05) is 6.61 Å². The number of halogens is 4. The largest absolute Gasteiger partial charge is 0.481 e. The average Bonchev–Trinajstić information content (AvgIpc) is 2.53. The van der Waals surface area contributed by atoms with Gasteiger partial charge >= 0.3 is 0 Å². The predicted molar refractivity (Wildman–Crippen MR) is 120 cm³/mol. The van der Waals surface area contributed by atoms with Crippen molar-refractivity contribution in [1.82, 2.24) is 0 Å². The molecular weight excluding hydrogens is 515 g/mol. The van der Waals surface area contributed by atoms with Crippen LogP contribution in [0.5, 0.6) is 5.75 Å². The number of benzene rings is 2. The van der Waals surface area contributed by atoms with E-state index in [0.717, 1.165) is 8.95 Å². The lowest BCUT2D eigenvalue weighted by Crippen LogP contribution is -2.42. The van der Waals surface area contributed by atoms with Crippen molar-refractivity contribution in [2.45, 2.75) is 45.0 Å². The summed E-state index contributed by atoms with van der Waals surface area (Å²) in [7, 11) is -2.03. The first-order valence-corrected chi connectivity index (χ1v) is 13.5. The van der Waals surface area contributed by atoms with Crippen LogP contribution in [0.2, 0.25) is 23.2 Å². The molecule has 0 spiro atoms. The van der Waals surface area contributed by atoms with Crippen LogP contribution >= 0.6 is 43.5 Å².